The molecular formula is C43H27N5. The van der Waals surface area contributed by atoms with Crippen molar-refractivity contribution >= 4 is 32.6 Å². The van der Waals surface area contributed by atoms with Crippen molar-refractivity contribution in [1.29, 1.82) is 0 Å². The van der Waals surface area contributed by atoms with Crippen LogP contribution in [0.15, 0.2) is 164 Å². The summed E-state index contributed by atoms with van der Waals surface area (Å²) < 4.78 is 0. The minimum absolute atomic E-state index is 0.541. The number of nitrogens with zero attached hydrogens (tertiary/aromatic N) is 5. The first kappa shape index (κ1) is 27.7. The molecule has 5 heteroatoms. The first-order chi connectivity index (χ1) is 23.7. The van der Waals surface area contributed by atoms with Crippen molar-refractivity contribution < 1.29 is 0 Å². The van der Waals surface area contributed by atoms with Crippen molar-refractivity contribution in [3.8, 4) is 56.7 Å². The van der Waals surface area contributed by atoms with Gasteiger partial charge >= 0.3 is 0 Å². The third-order valence-electron chi connectivity index (χ3n) is 8.69. The molecule has 3 aromatic heterocycles. The van der Waals surface area contributed by atoms with Gasteiger partial charge in [-0.2, -0.15) is 0 Å². The van der Waals surface area contributed by atoms with E-state index in [2.05, 4.69) is 97.1 Å². The Kier molecular flexibility index (Phi) is 6.72. The lowest BCUT2D eigenvalue weighted by Crippen LogP contribution is -2.01. The van der Waals surface area contributed by atoms with Crippen LogP contribution in [0.1, 0.15) is 0 Å². The van der Waals surface area contributed by atoms with Crippen LogP contribution in [0.2, 0.25) is 0 Å². The van der Waals surface area contributed by atoms with E-state index in [0.717, 1.165) is 55.3 Å². The normalized spacial score (nSPS) is 11.3. The van der Waals surface area contributed by atoms with Gasteiger partial charge in [-0.05, 0) is 64.4 Å². The van der Waals surface area contributed by atoms with Gasteiger partial charge in [0.15, 0.2) is 17.5 Å². The number of aromatic nitrogens is 5. The van der Waals surface area contributed by atoms with E-state index in [9.17, 15) is 0 Å². The van der Waals surface area contributed by atoms with Crippen LogP contribution >= 0.6 is 0 Å². The maximum atomic E-state index is 5.00. The molecule has 0 radical (unpaired) electrons. The molecule has 48 heavy (non-hydrogen) atoms. The summed E-state index contributed by atoms with van der Waals surface area (Å²) in [5.41, 5.74) is 8.75. The highest BCUT2D eigenvalue weighted by molar-refractivity contribution is 5.91. The quantitative estimate of drug-likeness (QED) is 0.193. The second-order valence-corrected chi connectivity index (χ2v) is 11.8. The molecule has 0 amide bonds. The Bertz CT molecular complexity index is 2560. The molecule has 0 aliphatic heterocycles. The summed E-state index contributed by atoms with van der Waals surface area (Å²) in [7, 11) is 0. The maximum Gasteiger partial charge on any atom is 0.182 e. The minimum Gasteiger partial charge on any atom is -0.248 e. The summed E-state index contributed by atoms with van der Waals surface area (Å²) in [6, 6.07) is 56.1. The standard InChI is InChI=1S/C43H27N5/c1-3-10-29(11-4-1)41-46-42(30-12-5-2-6-13-30)48-43(47-41)40-24-20-36-27-33(18-22-39(36)45-40)32-17-21-37-35(26-32)19-23-38(44-37)34-16-15-28-9-7-8-14-31(28)25-34/h1-27H. The van der Waals surface area contributed by atoms with Crippen LogP contribution in [0.3, 0.4) is 0 Å². The highest BCUT2D eigenvalue weighted by atomic mass is 15.0. The average molecular weight is 614 g/mol. The highest BCUT2D eigenvalue weighted by Crippen LogP contribution is 2.31. The average Bonchev–Trinajstić information content (AvgIpc) is 3.17. The third-order valence-corrected chi connectivity index (χ3v) is 8.69. The smallest absolute Gasteiger partial charge is 0.182 e. The van der Waals surface area contributed by atoms with E-state index in [0.29, 0.717) is 23.2 Å². The van der Waals surface area contributed by atoms with Crippen LogP contribution in [-0.4, -0.2) is 24.9 Å². The topological polar surface area (TPSA) is 64.5 Å². The number of benzene rings is 6. The summed E-state index contributed by atoms with van der Waals surface area (Å²) in [5.74, 6) is 1.78. The lowest BCUT2D eigenvalue weighted by atomic mass is 10.00. The van der Waals surface area contributed by atoms with Crippen LogP contribution in [0.25, 0.3) is 89.3 Å². The predicted octanol–water partition coefficient (Wildman–Crippen LogP) is 10.5. The van der Waals surface area contributed by atoms with Crippen LogP contribution in [-0.2, 0) is 0 Å². The van der Waals surface area contributed by atoms with Gasteiger partial charge in [0.2, 0.25) is 0 Å². The second kappa shape index (κ2) is 11.6. The summed E-state index contributed by atoms with van der Waals surface area (Å²) in [5, 5.41) is 4.59. The SMILES string of the molecule is c1ccc(-c2nc(-c3ccccc3)nc(-c3ccc4cc(-c5ccc6nc(-c7ccc8ccccc8c7)ccc6c5)ccc4n3)n2)cc1. The van der Waals surface area contributed by atoms with Gasteiger partial charge in [-0.3, -0.25) is 0 Å². The van der Waals surface area contributed by atoms with Crippen LogP contribution in [0.5, 0.6) is 0 Å². The second-order valence-electron chi connectivity index (χ2n) is 11.8. The number of rotatable bonds is 5. The lowest BCUT2D eigenvalue weighted by molar-refractivity contribution is 1.06. The highest BCUT2D eigenvalue weighted by Gasteiger charge is 2.14. The van der Waals surface area contributed by atoms with Gasteiger partial charge in [0.1, 0.15) is 5.69 Å². The van der Waals surface area contributed by atoms with Crippen molar-refractivity contribution in [3.63, 3.8) is 0 Å². The molecule has 5 nitrogen and oxygen atoms in total. The van der Waals surface area contributed by atoms with Crippen molar-refractivity contribution in [1.82, 2.24) is 24.9 Å². The Labute approximate surface area is 277 Å². The molecule has 0 fully saturated rings. The van der Waals surface area contributed by atoms with Gasteiger partial charge in [0.25, 0.3) is 0 Å². The number of hydrogen-bond acceptors (Lipinski definition) is 5. The first-order valence-corrected chi connectivity index (χ1v) is 15.9. The molecule has 0 aliphatic rings. The van der Waals surface area contributed by atoms with Gasteiger partial charge in [0, 0.05) is 27.5 Å². The van der Waals surface area contributed by atoms with E-state index in [1.165, 1.54) is 10.8 Å². The largest absolute Gasteiger partial charge is 0.248 e. The van der Waals surface area contributed by atoms with Crippen molar-refractivity contribution in [2.24, 2.45) is 0 Å². The fourth-order valence-corrected chi connectivity index (χ4v) is 6.17. The molecule has 0 unspecified atom stereocenters. The van der Waals surface area contributed by atoms with Crippen LogP contribution < -0.4 is 0 Å². The molecule has 0 N–H and O–H groups in total. The molecule has 0 saturated carbocycles. The molecule has 0 spiro atoms. The zero-order valence-electron chi connectivity index (χ0n) is 25.8. The van der Waals surface area contributed by atoms with Gasteiger partial charge in [-0.15, -0.1) is 0 Å². The van der Waals surface area contributed by atoms with Crippen molar-refractivity contribution in [3.05, 3.63) is 164 Å². The molecule has 0 saturated heterocycles. The minimum atomic E-state index is 0.541. The van der Waals surface area contributed by atoms with E-state index in [1.807, 2.05) is 66.7 Å². The van der Waals surface area contributed by atoms with Crippen LogP contribution in [0, 0.1) is 0 Å². The van der Waals surface area contributed by atoms with E-state index in [1.54, 1.807) is 0 Å². The molecule has 9 aromatic rings. The molecule has 0 aliphatic carbocycles. The fourth-order valence-electron chi connectivity index (χ4n) is 6.17. The maximum absolute atomic E-state index is 5.00. The Morgan fingerprint density at radius 3 is 1.33 bits per heavy atom. The Morgan fingerprint density at radius 1 is 0.250 bits per heavy atom. The Balaban J connectivity index is 1.05. The lowest BCUT2D eigenvalue weighted by Gasteiger charge is -2.10. The van der Waals surface area contributed by atoms with E-state index in [4.69, 9.17) is 24.9 Å². The van der Waals surface area contributed by atoms with Gasteiger partial charge in [-0.25, -0.2) is 24.9 Å². The van der Waals surface area contributed by atoms with E-state index in [-0.39, 0.29) is 0 Å². The molecule has 9 rings (SSSR count). The molecule has 224 valence electrons. The number of pyridine rings is 2. The Morgan fingerprint density at radius 2 is 0.708 bits per heavy atom. The monoisotopic (exact) mass is 613 g/mol. The third kappa shape index (κ3) is 5.23. The summed E-state index contributed by atoms with van der Waals surface area (Å²) in [6.45, 7) is 0. The molecule has 3 heterocycles. The van der Waals surface area contributed by atoms with Crippen molar-refractivity contribution in [2.45, 2.75) is 0 Å². The predicted molar refractivity (Wildman–Crippen MR) is 195 cm³/mol. The van der Waals surface area contributed by atoms with Gasteiger partial charge in [-0.1, -0.05) is 121 Å². The fraction of sp³-hybridized carbons (Fsp3) is 0. The zero-order valence-corrected chi connectivity index (χ0v) is 25.8. The molecule has 0 bridgehead atoms. The van der Waals surface area contributed by atoms with Gasteiger partial charge in [0.05, 0.1) is 16.7 Å². The van der Waals surface area contributed by atoms with Crippen LogP contribution in [0.4, 0.5) is 0 Å². The summed E-state index contributed by atoms with van der Waals surface area (Å²) >= 11 is 0. The summed E-state index contributed by atoms with van der Waals surface area (Å²) in [6.07, 6.45) is 0. The number of hydrogen-bond donors (Lipinski definition) is 0. The van der Waals surface area contributed by atoms with Crippen molar-refractivity contribution in [2.75, 3.05) is 0 Å². The molecule has 0 atom stereocenters. The van der Waals surface area contributed by atoms with E-state index < -0.39 is 0 Å². The molecule has 6 aromatic carbocycles. The first-order valence-electron chi connectivity index (χ1n) is 15.9. The Hall–Kier alpha value is -6.59. The summed E-state index contributed by atoms with van der Waals surface area (Å²) in [4.78, 5) is 24.5. The zero-order chi connectivity index (χ0) is 31.9. The van der Waals surface area contributed by atoms with Gasteiger partial charge < -0.3 is 0 Å². The molecular weight excluding hydrogens is 587 g/mol. The van der Waals surface area contributed by atoms with E-state index >= 15 is 0 Å². The number of fused-ring (bicyclic) bond motifs is 3.